The number of Topliss-reactive ketones (excluding diaryl/α,β-unsaturated/α-hetero) is 1. The summed E-state index contributed by atoms with van der Waals surface area (Å²) in [6, 6.07) is 7.69. The molecule has 0 bridgehead atoms. The Bertz CT molecular complexity index is 319. The molecule has 0 N–H and O–H groups in total. The highest BCUT2D eigenvalue weighted by molar-refractivity contribution is 6.34. The van der Waals surface area contributed by atoms with Crippen LogP contribution < -0.4 is 0 Å². The number of carbonyl (C=O) groups excluding carboxylic acids is 1. The summed E-state index contributed by atoms with van der Waals surface area (Å²) < 4.78 is 0. The number of ketones is 1. The van der Waals surface area contributed by atoms with Crippen LogP contribution in [0.3, 0.4) is 0 Å². The van der Waals surface area contributed by atoms with Gasteiger partial charge in [-0.3, -0.25) is 4.79 Å². The van der Waals surface area contributed by atoms with Crippen LogP contribution >= 0.6 is 11.6 Å². The summed E-state index contributed by atoms with van der Waals surface area (Å²) in [6.45, 7) is 0. The van der Waals surface area contributed by atoms with E-state index in [0.29, 0.717) is 0 Å². The average molecular weight is 181 g/mol. The van der Waals surface area contributed by atoms with Gasteiger partial charge in [-0.1, -0.05) is 24.3 Å². The molecule has 2 heteroatoms. The van der Waals surface area contributed by atoms with Crippen molar-refractivity contribution in [3.05, 3.63) is 35.4 Å². The fourth-order valence-electron chi connectivity index (χ4n) is 1.56. The smallest absolute Gasteiger partial charge is 0.180 e. The Morgan fingerprint density at radius 2 is 2.08 bits per heavy atom. The van der Waals surface area contributed by atoms with Crippen molar-refractivity contribution in [3.8, 4) is 0 Å². The van der Waals surface area contributed by atoms with Gasteiger partial charge in [-0.25, -0.2) is 0 Å². The Morgan fingerprint density at radius 1 is 1.33 bits per heavy atom. The second kappa shape index (κ2) is 2.91. The second-order valence-corrected chi connectivity index (χ2v) is 3.55. The van der Waals surface area contributed by atoms with Crippen molar-refractivity contribution >= 4 is 17.4 Å². The highest BCUT2D eigenvalue weighted by Gasteiger charge is 2.24. The van der Waals surface area contributed by atoms with Gasteiger partial charge in [0.15, 0.2) is 5.78 Å². The van der Waals surface area contributed by atoms with Crippen LogP contribution in [-0.2, 0) is 6.42 Å². The van der Waals surface area contributed by atoms with Crippen LogP contribution in [0.15, 0.2) is 24.3 Å². The van der Waals surface area contributed by atoms with E-state index in [4.69, 9.17) is 11.6 Å². The van der Waals surface area contributed by atoms with Crippen LogP contribution in [0.25, 0.3) is 0 Å². The van der Waals surface area contributed by atoms with Crippen molar-refractivity contribution in [2.75, 3.05) is 0 Å². The summed E-state index contributed by atoms with van der Waals surface area (Å²) in [5.74, 6) is 0.0820. The predicted molar refractivity (Wildman–Crippen MR) is 48.7 cm³/mol. The molecular weight excluding hydrogens is 172 g/mol. The lowest BCUT2D eigenvalue weighted by Crippen LogP contribution is -2.22. The molecule has 0 saturated heterocycles. The third-order valence-electron chi connectivity index (χ3n) is 2.23. The summed E-state index contributed by atoms with van der Waals surface area (Å²) in [6.07, 6.45) is 1.70. The average Bonchev–Trinajstić information content (AvgIpc) is 2.12. The standard InChI is InChI=1S/C10H9ClO/c11-9-6-5-7-3-1-2-4-8(7)10(9)12/h1-4,9H,5-6H2/t9-/m1/s1. The molecule has 0 radical (unpaired) electrons. The summed E-state index contributed by atoms with van der Waals surface area (Å²) in [5, 5.41) is -0.306. The molecule has 0 spiro atoms. The first-order valence-corrected chi connectivity index (χ1v) is 4.49. The molecule has 1 aliphatic rings. The topological polar surface area (TPSA) is 17.1 Å². The van der Waals surface area contributed by atoms with Crippen LogP contribution in [0.2, 0.25) is 0 Å². The summed E-state index contributed by atoms with van der Waals surface area (Å²) in [5.41, 5.74) is 1.95. The highest BCUT2D eigenvalue weighted by atomic mass is 35.5. The molecule has 2 rings (SSSR count). The van der Waals surface area contributed by atoms with Gasteiger partial charge in [-0.15, -0.1) is 11.6 Å². The lowest BCUT2D eigenvalue weighted by Gasteiger charge is -2.17. The second-order valence-electron chi connectivity index (χ2n) is 3.03. The van der Waals surface area contributed by atoms with Crippen LogP contribution in [0.4, 0.5) is 0 Å². The fourth-order valence-corrected chi connectivity index (χ4v) is 1.79. The van der Waals surface area contributed by atoms with Crippen LogP contribution in [0.5, 0.6) is 0 Å². The van der Waals surface area contributed by atoms with Crippen LogP contribution in [0, 0.1) is 0 Å². The molecule has 0 saturated carbocycles. The number of hydrogen-bond donors (Lipinski definition) is 0. The van der Waals surface area contributed by atoms with Crippen molar-refractivity contribution in [2.45, 2.75) is 18.2 Å². The summed E-state index contributed by atoms with van der Waals surface area (Å²) >= 11 is 5.85. The molecule has 0 heterocycles. The van der Waals surface area contributed by atoms with E-state index < -0.39 is 0 Å². The maximum Gasteiger partial charge on any atom is 0.180 e. The van der Waals surface area contributed by atoms with E-state index in [1.807, 2.05) is 24.3 Å². The number of rotatable bonds is 0. The molecular formula is C10H9ClO. The first kappa shape index (κ1) is 7.81. The monoisotopic (exact) mass is 180 g/mol. The number of halogens is 1. The van der Waals surface area contributed by atoms with Gasteiger partial charge in [0, 0.05) is 5.56 Å². The first-order valence-electron chi connectivity index (χ1n) is 4.05. The zero-order valence-corrected chi connectivity index (χ0v) is 7.34. The number of hydrogen-bond acceptors (Lipinski definition) is 1. The van der Waals surface area contributed by atoms with Crippen molar-refractivity contribution < 1.29 is 4.79 Å². The molecule has 1 aliphatic carbocycles. The number of alkyl halides is 1. The summed E-state index contributed by atoms with van der Waals surface area (Å²) in [7, 11) is 0. The predicted octanol–water partition coefficient (Wildman–Crippen LogP) is 2.42. The van der Waals surface area contributed by atoms with Crippen molar-refractivity contribution in [3.63, 3.8) is 0 Å². The minimum absolute atomic E-state index is 0.0820. The van der Waals surface area contributed by atoms with E-state index >= 15 is 0 Å². The van der Waals surface area contributed by atoms with Crippen molar-refractivity contribution in [1.82, 2.24) is 0 Å². The van der Waals surface area contributed by atoms with Gasteiger partial charge in [-0.2, -0.15) is 0 Å². The molecule has 0 fully saturated rings. The Morgan fingerprint density at radius 3 is 2.92 bits per heavy atom. The van der Waals surface area contributed by atoms with Crippen molar-refractivity contribution in [1.29, 1.82) is 0 Å². The van der Waals surface area contributed by atoms with E-state index in [0.717, 1.165) is 24.0 Å². The van der Waals surface area contributed by atoms with Crippen LogP contribution in [-0.4, -0.2) is 11.2 Å². The highest BCUT2D eigenvalue weighted by Crippen LogP contribution is 2.23. The van der Waals surface area contributed by atoms with E-state index in [1.165, 1.54) is 0 Å². The van der Waals surface area contributed by atoms with Gasteiger partial charge < -0.3 is 0 Å². The first-order chi connectivity index (χ1) is 5.79. The van der Waals surface area contributed by atoms with Gasteiger partial charge in [0.05, 0.1) is 5.38 Å². The fraction of sp³-hybridized carbons (Fsp3) is 0.300. The number of fused-ring (bicyclic) bond motifs is 1. The Kier molecular flexibility index (Phi) is 1.89. The molecule has 0 aliphatic heterocycles. The lowest BCUT2D eigenvalue weighted by molar-refractivity contribution is 0.0977. The zero-order chi connectivity index (χ0) is 8.55. The molecule has 12 heavy (non-hydrogen) atoms. The van der Waals surface area contributed by atoms with Gasteiger partial charge >= 0.3 is 0 Å². The lowest BCUT2D eigenvalue weighted by atomic mass is 9.90. The normalized spacial score (nSPS) is 22.1. The van der Waals surface area contributed by atoms with E-state index in [2.05, 4.69) is 0 Å². The van der Waals surface area contributed by atoms with Gasteiger partial charge in [0.1, 0.15) is 0 Å². The Labute approximate surface area is 76.4 Å². The third kappa shape index (κ3) is 1.14. The molecule has 1 nitrogen and oxygen atoms in total. The molecule has 1 aromatic rings. The van der Waals surface area contributed by atoms with Gasteiger partial charge in [0.25, 0.3) is 0 Å². The quantitative estimate of drug-likeness (QED) is 0.561. The number of benzene rings is 1. The number of carbonyl (C=O) groups is 1. The van der Waals surface area contributed by atoms with E-state index in [9.17, 15) is 4.79 Å². The minimum atomic E-state index is -0.306. The number of aryl methyl sites for hydroxylation is 1. The molecule has 1 atom stereocenters. The summed E-state index contributed by atoms with van der Waals surface area (Å²) in [4.78, 5) is 11.5. The molecule has 62 valence electrons. The molecule has 1 aromatic carbocycles. The Hall–Kier alpha value is -0.820. The molecule has 0 unspecified atom stereocenters. The SMILES string of the molecule is O=C1c2ccccc2CC[C@H]1Cl. The van der Waals surface area contributed by atoms with Gasteiger partial charge in [0.2, 0.25) is 0 Å². The zero-order valence-electron chi connectivity index (χ0n) is 6.59. The largest absolute Gasteiger partial charge is 0.292 e. The Balaban J connectivity index is 2.49. The van der Waals surface area contributed by atoms with E-state index in [-0.39, 0.29) is 11.2 Å². The van der Waals surface area contributed by atoms with Gasteiger partial charge in [-0.05, 0) is 18.4 Å². The molecule has 0 aromatic heterocycles. The van der Waals surface area contributed by atoms with E-state index in [1.54, 1.807) is 0 Å². The third-order valence-corrected chi connectivity index (χ3v) is 2.65. The molecule has 0 amide bonds. The maximum atomic E-state index is 11.5. The van der Waals surface area contributed by atoms with Crippen LogP contribution in [0.1, 0.15) is 22.3 Å². The minimum Gasteiger partial charge on any atom is -0.292 e. The van der Waals surface area contributed by atoms with Crippen molar-refractivity contribution in [2.24, 2.45) is 0 Å². The maximum absolute atomic E-state index is 11.5.